The van der Waals surface area contributed by atoms with Gasteiger partial charge in [-0.25, -0.2) is 0 Å². The van der Waals surface area contributed by atoms with Gasteiger partial charge in [-0.1, -0.05) is 26.0 Å². The minimum absolute atomic E-state index is 0.0341. The largest absolute Gasteiger partial charge is 0.490 e. The van der Waals surface area contributed by atoms with Gasteiger partial charge in [-0.3, -0.25) is 9.59 Å². The first-order valence-electron chi connectivity index (χ1n) is 9.94. The third kappa shape index (κ3) is 6.82. The summed E-state index contributed by atoms with van der Waals surface area (Å²) in [5.41, 5.74) is 2.06. The lowest BCUT2D eigenvalue weighted by Crippen LogP contribution is -2.23. The highest BCUT2D eigenvalue weighted by molar-refractivity contribution is 6.04. The second-order valence-corrected chi connectivity index (χ2v) is 6.97. The van der Waals surface area contributed by atoms with Crippen LogP contribution in [0, 0.1) is 0 Å². The minimum atomic E-state index is -0.231. The third-order valence-electron chi connectivity index (χ3n) is 4.20. The summed E-state index contributed by atoms with van der Waals surface area (Å²) in [6.45, 7) is 5.21. The van der Waals surface area contributed by atoms with Crippen LogP contribution in [0.3, 0.4) is 0 Å². The van der Waals surface area contributed by atoms with Crippen LogP contribution in [0.5, 0.6) is 11.5 Å². The van der Waals surface area contributed by atoms with Crippen LogP contribution in [-0.4, -0.2) is 44.0 Å². The summed E-state index contributed by atoms with van der Waals surface area (Å²) in [6, 6.07) is 12.5. The summed E-state index contributed by atoms with van der Waals surface area (Å²) in [5.74, 6) is 1.02. The molecule has 0 aliphatic heterocycles. The van der Waals surface area contributed by atoms with Crippen LogP contribution in [0.15, 0.2) is 42.5 Å². The molecule has 0 aliphatic carbocycles. The lowest BCUT2D eigenvalue weighted by atomic mass is 10.1. The maximum atomic E-state index is 12.6. The Morgan fingerprint density at radius 3 is 2.10 bits per heavy atom. The van der Waals surface area contributed by atoms with E-state index in [0.29, 0.717) is 42.4 Å². The fraction of sp³-hybridized carbons (Fsp3) is 0.391. The molecule has 2 aromatic carbocycles. The van der Waals surface area contributed by atoms with E-state index in [2.05, 4.69) is 5.32 Å². The van der Waals surface area contributed by atoms with Gasteiger partial charge < -0.3 is 19.7 Å². The highest BCUT2D eigenvalue weighted by atomic mass is 16.5. The molecule has 0 spiro atoms. The number of hydrogen-bond acceptors (Lipinski definition) is 4. The van der Waals surface area contributed by atoms with E-state index in [1.54, 1.807) is 49.3 Å². The second-order valence-electron chi connectivity index (χ2n) is 6.97. The Morgan fingerprint density at radius 2 is 1.52 bits per heavy atom. The first-order valence-corrected chi connectivity index (χ1v) is 9.94. The molecule has 1 N–H and O–H groups in total. The summed E-state index contributed by atoms with van der Waals surface area (Å²) < 4.78 is 11.5. The molecule has 0 unspecified atom stereocenters. The number of anilines is 1. The predicted molar refractivity (Wildman–Crippen MR) is 115 cm³/mol. The van der Waals surface area contributed by atoms with E-state index in [-0.39, 0.29) is 11.8 Å². The van der Waals surface area contributed by atoms with E-state index in [0.717, 1.165) is 18.4 Å². The number of hydrogen-bond donors (Lipinski definition) is 1. The van der Waals surface area contributed by atoms with Crippen molar-refractivity contribution < 1.29 is 19.1 Å². The molecular formula is C23H30N2O4. The highest BCUT2D eigenvalue weighted by Gasteiger charge is 2.13. The molecule has 2 aromatic rings. The van der Waals surface area contributed by atoms with E-state index in [4.69, 9.17) is 9.47 Å². The Balaban J connectivity index is 2.08. The van der Waals surface area contributed by atoms with Crippen molar-refractivity contribution in [2.75, 3.05) is 32.6 Å². The van der Waals surface area contributed by atoms with Gasteiger partial charge in [0.25, 0.3) is 5.91 Å². The molecule has 6 nitrogen and oxygen atoms in total. The lowest BCUT2D eigenvalue weighted by molar-refractivity contribution is -0.127. The van der Waals surface area contributed by atoms with E-state index >= 15 is 0 Å². The van der Waals surface area contributed by atoms with Crippen molar-refractivity contribution >= 4 is 17.5 Å². The Bertz CT molecular complexity index is 816. The summed E-state index contributed by atoms with van der Waals surface area (Å²) in [7, 11) is 3.46. The van der Waals surface area contributed by atoms with E-state index in [1.807, 2.05) is 26.0 Å². The zero-order valence-corrected chi connectivity index (χ0v) is 17.7. The van der Waals surface area contributed by atoms with Crippen molar-refractivity contribution in [3.63, 3.8) is 0 Å². The molecule has 2 rings (SSSR count). The molecule has 0 saturated carbocycles. The average molecular weight is 399 g/mol. The zero-order chi connectivity index (χ0) is 21.2. The summed E-state index contributed by atoms with van der Waals surface area (Å²) >= 11 is 0. The van der Waals surface area contributed by atoms with Crippen molar-refractivity contribution in [1.29, 1.82) is 0 Å². The fourth-order valence-electron chi connectivity index (χ4n) is 2.55. The second kappa shape index (κ2) is 11.1. The van der Waals surface area contributed by atoms with Crippen molar-refractivity contribution in [3.05, 3.63) is 53.6 Å². The zero-order valence-electron chi connectivity index (χ0n) is 17.7. The van der Waals surface area contributed by atoms with Crippen LogP contribution in [0.4, 0.5) is 5.69 Å². The SMILES string of the molecule is CCCOc1ccc(C(=O)Nc2ccc(CC(=O)N(C)C)cc2)cc1OCCC. The number of rotatable bonds is 10. The van der Waals surface area contributed by atoms with E-state index in [1.165, 1.54) is 0 Å². The Labute approximate surface area is 172 Å². The molecule has 0 heterocycles. The quantitative estimate of drug-likeness (QED) is 0.653. The monoisotopic (exact) mass is 398 g/mol. The molecule has 0 fully saturated rings. The molecule has 29 heavy (non-hydrogen) atoms. The molecular weight excluding hydrogens is 368 g/mol. The van der Waals surface area contributed by atoms with Crippen molar-refractivity contribution in [1.82, 2.24) is 4.90 Å². The molecule has 2 amide bonds. The van der Waals surface area contributed by atoms with Crippen LogP contribution in [0.1, 0.15) is 42.6 Å². The number of benzene rings is 2. The average Bonchev–Trinajstić information content (AvgIpc) is 2.72. The number of nitrogens with one attached hydrogen (secondary N) is 1. The fourth-order valence-corrected chi connectivity index (χ4v) is 2.55. The topological polar surface area (TPSA) is 67.9 Å². The minimum Gasteiger partial charge on any atom is -0.490 e. The number of ether oxygens (including phenoxy) is 2. The molecule has 0 aliphatic rings. The Hall–Kier alpha value is -3.02. The number of nitrogens with zero attached hydrogens (tertiary/aromatic N) is 1. The van der Waals surface area contributed by atoms with Crippen LogP contribution < -0.4 is 14.8 Å². The number of likely N-dealkylation sites (N-methyl/N-ethyl adjacent to an activating group) is 1. The summed E-state index contributed by atoms with van der Waals surface area (Å²) in [6.07, 6.45) is 2.09. The molecule has 0 radical (unpaired) electrons. The van der Waals surface area contributed by atoms with Gasteiger partial charge in [0.05, 0.1) is 19.6 Å². The number of carbonyl (C=O) groups excluding carboxylic acids is 2. The van der Waals surface area contributed by atoms with Crippen LogP contribution in [-0.2, 0) is 11.2 Å². The van der Waals surface area contributed by atoms with Gasteiger partial charge in [0.15, 0.2) is 11.5 Å². The first kappa shape index (κ1) is 22.3. The van der Waals surface area contributed by atoms with Gasteiger partial charge in [-0.2, -0.15) is 0 Å². The van der Waals surface area contributed by atoms with Gasteiger partial charge in [0, 0.05) is 25.3 Å². The molecule has 6 heteroatoms. The van der Waals surface area contributed by atoms with Crippen LogP contribution >= 0.6 is 0 Å². The lowest BCUT2D eigenvalue weighted by Gasteiger charge is -2.14. The highest BCUT2D eigenvalue weighted by Crippen LogP contribution is 2.29. The normalized spacial score (nSPS) is 10.3. The van der Waals surface area contributed by atoms with Crippen LogP contribution in [0.25, 0.3) is 0 Å². The van der Waals surface area contributed by atoms with Crippen molar-refractivity contribution in [3.8, 4) is 11.5 Å². The van der Waals surface area contributed by atoms with Gasteiger partial charge in [-0.15, -0.1) is 0 Å². The summed E-state index contributed by atoms with van der Waals surface area (Å²) in [5, 5.41) is 2.88. The summed E-state index contributed by atoms with van der Waals surface area (Å²) in [4.78, 5) is 26.0. The van der Waals surface area contributed by atoms with E-state index in [9.17, 15) is 9.59 Å². The number of carbonyl (C=O) groups is 2. The maximum Gasteiger partial charge on any atom is 0.255 e. The standard InChI is InChI=1S/C23H30N2O4/c1-5-13-28-20-12-9-18(16-21(20)29-14-6-2)23(27)24-19-10-7-17(8-11-19)15-22(26)25(3)4/h7-12,16H,5-6,13-15H2,1-4H3,(H,24,27). The van der Waals surface area contributed by atoms with Gasteiger partial charge in [0.2, 0.25) is 5.91 Å². The Kier molecular flexibility index (Phi) is 8.52. The Morgan fingerprint density at radius 1 is 0.897 bits per heavy atom. The molecule has 0 bridgehead atoms. The smallest absolute Gasteiger partial charge is 0.255 e. The van der Waals surface area contributed by atoms with Gasteiger partial charge in [0.1, 0.15) is 0 Å². The molecule has 0 atom stereocenters. The van der Waals surface area contributed by atoms with Crippen molar-refractivity contribution in [2.24, 2.45) is 0 Å². The molecule has 0 saturated heterocycles. The third-order valence-corrected chi connectivity index (χ3v) is 4.20. The van der Waals surface area contributed by atoms with Gasteiger partial charge >= 0.3 is 0 Å². The van der Waals surface area contributed by atoms with Crippen molar-refractivity contribution in [2.45, 2.75) is 33.1 Å². The first-order chi connectivity index (χ1) is 13.9. The maximum absolute atomic E-state index is 12.6. The molecule has 0 aromatic heterocycles. The van der Waals surface area contributed by atoms with E-state index < -0.39 is 0 Å². The number of amides is 2. The predicted octanol–water partition coefficient (Wildman–Crippen LogP) is 4.15. The molecule has 156 valence electrons. The van der Waals surface area contributed by atoms with Gasteiger partial charge in [-0.05, 0) is 48.7 Å². The van der Waals surface area contributed by atoms with Crippen LogP contribution in [0.2, 0.25) is 0 Å².